The number of likely N-dealkylation sites (N-methyl/N-ethyl adjacent to an activating group) is 1. The minimum absolute atomic E-state index is 0.0618. The number of fused-ring (bicyclic) bond motifs is 1. The zero-order valence-corrected chi connectivity index (χ0v) is 16.9. The first-order valence-corrected chi connectivity index (χ1v) is 10.1. The number of aromatic nitrogens is 1. The highest BCUT2D eigenvalue weighted by Crippen LogP contribution is 2.26. The Bertz CT molecular complexity index is 1210. The quantitative estimate of drug-likeness (QED) is 0.490. The molecule has 0 atom stereocenters. The van der Waals surface area contributed by atoms with E-state index < -0.39 is 14.9 Å². The maximum absolute atomic E-state index is 12.7. The Labute approximate surface area is 167 Å². The molecule has 152 valence electrons. The molecule has 1 aromatic heterocycles. The second-order valence-electron chi connectivity index (χ2n) is 6.82. The van der Waals surface area contributed by atoms with Crippen molar-refractivity contribution in [2.45, 2.75) is 18.4 Å². The molecule has 0 aliphatic rings. The van der Waals surface area contributed by atoms with Crippen LogP contribution >= 0.6 is 0 Å². The number of nitrogens with one attached hydrogen (secondary N) is 1. The second-order valence-corrected chi connectivity index (χ2v) is 8.50. The van der Waals surface area contributed by atoms with Gasteiger partial charge in [0.2, 0.25) is 5.91 Å². The summed E-state index contributed by atoms with van der Waals surface area (Å²) in [6, 6.07) is 10.5. The zero-order valence-electron chi connectivity index (χ0n) is 16.1. The van der Waals surface area contributed by atoms with E-state index in [4.69, 9.17) is 0 Å². The highest BCUT2D eigenvalue weighted by molar-refractivity contribution is 7.92. The molecule has 0 spiro atoms. The Hall–Kier alpha value is -3.40. The van der Waals surface area contributed by atoms with Crippen LogP contribution < -0.4 is 4.72 Å². The average molecular weight is 416 g/mol. The van der Waals surface area contributed by atoms with E-state index in [1.54, 1.807) is 56.0 Å². The van der Waals surface area contributed by atoms with E-state index in [1.807, 2.05) is 0 Å². The topological polar surface area (TPSA) is 115 Å². The Kier molecular flexibility index (Phi) is 5.29. The molecule has 10 heteroatoms. The first-order valence-electron chi connectivity index (χ1n) is 8.65. The molecule has 0 unspecified atom stereocenters. The molecule has 0 aliphatic carbocycles. The third-order valence-corrected chi connectivity index (χ3v) is 5.89. The van der Waals surface area contributed by atoms with E-state index in [2.05, 4.69) is 4.72 Å². The van der Waals surface area contributed by atoms with Crippen LogP contribution in [0.5, 0.6) is 0 Å². The summed E-state index contributed by atoms with van der Waals surface area (Å²) in [6.07, 6.45) is 1.76. The molecule has 0 saturated carbocycles. The molecule has 1 amide bonds. The van der Waals surface area contributed by atoms with E-state index in [0.717, 1.165) is 17.0 Å². The molecular formula is C19H20N4O5S. The summed E-state index contributed by atoms with van der Waals surface area (Å²) >= 11 is 0. The fourth-order valence-electron chi connectivity index (χ4n) is 2.86. The normalized spacial score (nSPS) is 11.4. The summed E-state index contributed by atoms with van der Waals surface area (Å²) in [4.78, 5) is 23.7. The summed E-state index contributed by atoms with van der Waals surface area (Å²) < 4.78 is 29.5. The van der Waals surface area contributed by atoms with Crippen LogP contribution in [-0.4, -0.2) is 42.8 Å². The van der Waals surface area contributed by atoms with E-state index in [9.17, 15) is 23.3 Å². The van der Waals surface area contributed by atoms with Crippen LogP contribution in [0.2, 0.25) is 0 Å². The van der Waals surface area contributed by atoms with Gasteiger partial charge in [-0.2, -0.15) is 0 Å². The molecule has 3 aromatic rings. The molecule has 0 bridgehead atoms. The van der Waals surface area contributed by atoms with Gasteiger partial charge in [0.25, 0.3) is 15.7 Å². The van der Waals surface area contributed by atoms with E-state index in [1.165, 1.54) is 17.0 Å². The number of rotatable bonds is 6. The number of aryl methyl sites for hydroxylation is 1. The molecule has 1 heterocycles. The van der Waals surface area contributed by atoms with Crippen molar-refractivity contribution >= 4 is 38.2 Å². The van der Waals surface area contributed by atoms with Crippen LogP contribution in [0.1, 0.15) is 5.56 Å². The van der Waals surface area contributed by atoms with Crippen LogP contribution in [0.3, 0.4) is 0 Å². The Morgan fingerprint density at radius 1 is 1.17 bits per heavy atom. The lowest BCUT2D eigenvalue weighted by molar-refractivity contribution is -0.385. The maximum Gasteiger partial charge on any atom is 0.273 e. The van der Waals surface area contributed by atoms with Crippen LogP contribution in [0.15, 0.2) is 53.6 Å². The van der Waals surface area contributed by atoms with Gasteiger partial charge in [-0.3, -0.25) is 19.6 Å². The van der Waals surface area contributed by atoms with Crippen molar-refractivity contribution < 1.29 is 18.1 Å². The summed E-state index contributed by atoms with van der Waals surface area (Å²) in [5.74, 6) is -0.0618. The predicted octanol–water partition coefficient (Wildman–Crippen LogP) is 2.75. The van der Waals surface area contributed by atoms with Gasteiger partial charge in [0.05, 0.1) is 9.82 Å². The zero-order chi connectivity index (χ0) is 21.3. The summed E-state index contributed by atoms with van der Waals surface area (Å²) in [7, 11) is -0.646. The lowest BCUT2D eigenvalue weighted by atomic mass is 10.2. The number of sulfonamides is 1. The number of nitrogens with zero attached hydrogens (tertiary/aromatic N) is 3. The van der Waals surface area contributed by atoms with Crippen molar-refractivity contribution in [3.05, 3.63) is 64.3 Å². The number of anilines is 1. The minimum atomic E-state index is -4.00. The van der Waals surface area contributed by atoms with E-state index in [-0.39, 0.29) is 23.0 Å². The van der Waals surface area contributed by atoms with Gasteiger partial charge in [0.1, 0.15) is 6.54 Å². The number of hydrogen-bond donors (Lipinski definition) is 1. The molecule has 29 heavy (non-hydrogen) atoms. The average Bonchev–Trinajstić information content (AvgIpc) is 3.03. The number of benzene rings is 2. The smallest absolute Gasteiger partial charge is 0.273 e. The summed E-state index contributed by atoms with van der Waals surface area (Å²) in [5, 5.41) is 11.8. The third kappa shape index (κ3) is 4.21. The maximum atomic E-state index is 12.7. The summed E-state index contributed by atoms with van der Waals surface area (Å²) in [5.41, 5.74) is 1.22. The minimum Gasteiger partial charge on any atom is -0.347 e. The number of nitro groups is 1. The first-order chi connectivity index (χ1) is 13.6. The van der Waals surface area contributed by atoms with Crippen molar-refractivity contribution in [3.8, 4) is 0 Å². The van der Waals surface area contributed by atoms with E-state index in [0.29, 0.717) is 11.3 Å². The highest BCUT2D eigenvalue weighted by atomic mass is 32.2. The van der Waals surface area contributed by atoms with Crippen molar-refractivity contribution in [1.29, 1.82) is 0 Å². The van der Waals surface area contributed by atoms with Crippen LogP contribution in [-0.2, 0) is 21.4 Å². The molecule has 0 radical (unpaired) electrons. The number of hydrogen-bond acceptors (Lipinski definition) is 5. The number of nitro benzene ring substituents is 1. The fraction of sp³-hybridized carbons (Fsp3) is 0.211. The van der Waals surface area contributed by atoms with Crippen molar-refractivity contribution in [2.24, 2.45) is 0 Å². The summed E-state index contributed by atoms with van der Waals surface area (Å²) in [6.45, 7) is 1.72. The van der Waals surface area contributed by atoms with Crippen LogP contribution in [0.25, 0.3) is 10.9 Å². The molecule has 0 fully saturated rings. The molecule has 2 aromatic carbocycles. The molecule has 0 saturated heterocycles. The molecule has 1 N–H and O–H groups in total. The number of carbonyl (C=O) groups excluding carboxylic acids is 1. The molecular weight excluding hydrogens is 396 g/mol. The monoisotopic (exact) mass is 416 g/mol. The van der Waals surface area contributed by atoms with Crippen molar-refractivity contribution in [1.82, 2.24) is 9.47 Å². The standard InChI is InChI=1S/C19H20N4O5S/c1-13-4-6-16(11-18(13)23(25)26)29(27,28)20-15-5-7-17-14(10-15)8-9-22(17)12-19(24)21(2)3/h4-11,20H,12H2,1-3H3. The lowest BCUT2D eigenvalue weighted by Crippen LogP contribution is -2.25. The fourth-order valence-corrected chi connectivity index (χ4v) is 3.92. The molecule has 9 nitrogen and oxygen atoms in total. The largest absolute Gasteiger partial charge is 0.347 e. The lowest BCUT2D eigenvalue weighted by Gasteiger charge is -2.12. The Morgan fingerprint density at radius 3 is 2.55 bits per heavy atom. The molecule has 3 rings (SSSR count). The Morgan fingerprint density at radius 2 is 1.90 bits per heavy atom. The number of carbonyl (C=O) groups is 1. The van der Waals surface area contributed by atoms with Gasteiger partial charge in [-0.05, 0) is 37.3 Å². The van der Waals surface area contributed by atoms with Gasteiger partial charge in [-0.15, -0.1) is 0 Å². The number of amides is 1. The van der Waals surface area contributed by atoms with Gasteiger partial charge in [0, 0.05) is 48.5 Å². The third-order valence-electron chi connectivity index (χ3n) is 4.52. The van der Waals surface area contributed by atoms with Crippen molar-refractivity contribution in [2.75, 3.05) is 18.8 Å². The second kappa shape index (κ2) is 7.55. The SMILES string of the molecule is Cc1ccc(S(=O)(=O)Nc2ccc3c(ccn3CC(=O)N(C)C)c2)cc1[N+](=O)[O-]. The van der Waals surface area contributed by atoms with Crippen LogP contribution in [0, 0.1) is 17.0 Å². The van der Waals surface area contributed by atoms with Gasteiger partial charge < -0.3 is 9.47 Å². The van der Waals surface area contributed by atoms with Gasteiger partial charge >= 0.3 is 0 Å². The molecule has 0 aliphatic heterocycles. The predicted molar refractivity (Wildman–Crippen MR) is 109 cm³/mol. The van der Waals surface area contributed by atoms with Gasteiger partial charge in [0.15, 0.2) is 0 Å². The van der Waals surface area contributed by atoms with E-state index >= 15 is 0 Å². The van der Waals surface area contributed by atoms with Crippen LogP contribution in [0.4, 0.5) is 11.4 Å². The van der Waals surface area contributed by atoms with Gasteiger partial charge in [-0.1, -0.05) is 6.07 Å². The van der Waals surface area contributed by atoms with Crippen molar-refractivity contribution in [3.63, 3.8) is 0 Å². The Balaban J connectivity index is 1.89. The van der Waals surface area contributed by atoms with Gasteiger partial charge in [-0.25, -0.2) is 8.42 Å². The highest BCUT2D eigenvalue weighted by Gasteiger charge is 2.20. The first kappa shape index (κ1) is 20.3.